The summed E-state index contributed by atoms with van der Waals surface area (Å²) >= 11 is 3.40. The van der Waals surface area contributed by atoms with Crippen LogP contribution in [0.2, 0.25) is 0 Å². The molecule has 0 bridgehead atoms. The van der Waals surface area contributed by atoms with Crippen molar-refractivity contribution < 1.29 is 14.4 Å². The highest BCUT2D eigenvalue weighted by atomic mass is 79.9. The summed E-state index contributed by atoms with van der Waals surface area (Å²) in [5.41, 5.74) is 3.38. The topological polar surface area (TPSA) is 88.4 Å². The van der Waals surface area contributed by atoms with Gasteiger partial charge >= 0.3 is 0 Å². The second kappa shape index (κ2) is 7.69. The van der Waals surface area contributed by atoms with E-state index in [0.29, 0.717) is 16.7 Å². The fourth-order valence-electron chi connectivity index (χ4n) is 5.80. The molecule has 4 heterocycles. The number of hydrogen-bond acceptors (Lipinski definition) is 6. The molecule has 2 saturated heterocycles. The quantitative estimate of drug-likeness (QED) is 0.358. The van der Waals surface area contributed by atoms with Crippen molar-refractivity contribution in [3.63, 3.8) is 0 Å². The number of carbonyl (C=O) groups excluding carboxylic acids is 3. The Kier molecular flexibility index (Phi) is 4.53. The summed E-state index contributed by atoms with van der Waals surface area (Å²) in [6.45, 7) is 0. The number of aromatic nitrogens is 3. The average molecular weight is 540 g/mol. The number of imide groups is 1. The predicted molar refractivity (Wildman–Crippen MR) is 137 cm³/mol. The van der Waals surface area contributed by atoms with Gasteiger partial charge in [-0.25, -0.2) is 4.90 Å². The molecular weight excluding hydrogens is 522 g/mol. The fraction of sp³-hybridized carbons (Fsp3) is 0.148. The van der Waals surface area contributed by atoms with Gasteiger partial charge in [-0.1, -0.05) is 63.6 Å². The number of halogens is 1. The van der Waals surface area contributed by atoms with Crippen molar-refractivity contribution in [2.45, 2.75) is 12.1 Å². The summed E-state index contributed by atoms with van der Waals surface area (Å²) in [4.78, 5) is 45.1. The van der Waals surface area contributed by atoms with Crippen LogP contribution in [-0.4, -0.2) is 44.8 Å². The Balaban J connectivity index is 1.39. The SMILES string of the molecule is O=C1C2C(C(=O)N1c1ccc(Br)cc1)C(C(=O)n1nnc3ccccc31)N1c3ccccc3C=CC21. The Morgan fingerprint density at radius 2 is 1.58 bits per heavy atom. The third-order valence-corrected chi connectivity index (χ3v) is 7.84. The van der Waals surface area contributed by atoms with Crippen LogP contribution in [0.3, 0.4) is 0 Å². The van der Waals surface area contributed by atoms with Crippen LogP contribution in [0, 0.1) is 11.8 Å². The fourth-order valence-corrected chi connectivity index (χ4v) is 6.06. The second-order valence-electron chi connectivity index (χ2n) is 9.13. The Bertz CT molecular complexity index is 1610. The van der Waals surface area contributed by atoms with Crippen LogP contribution < -0.4 is 9.80 Å². The Morgan fingerprint density at radius 3 is 2.42 bits per heavy atom. The first-order chi connectivity index (χ1) is 17.5. The molecule has 8 nitrogen and oxygen atoms in total. The number of para-hydroxylation sites is 2. The highest BCUT2D eigenvalue weighted by Crippen LogP contribution is 2.49. The minimum atomic E-state index is -0.923. The third kappa shape index (κ3) is 2.83. The summed E-state index contributed by atoms with van der Waals surface area (Å²) in [6.07, 6.45) is 3.90. The lowest BCUT2D eigenvalue weighted by atomic mass is 9.88. The number of benzene rings is 3. The number of hydrogen-bond donors (Lipinski definition) is 0. The smallest absolute Gasteiger partial charge is 0.272 e. The molecule has 0 spiro atoms. The molecule has 4 atom stereocenters. The van der Waals surface area contributed by atoms with E-state index in [0.717, 1.165) is 15.7 Å². The maximum absolute atomic E-state index is 14.2. The molecule has 4 unspecified atom stereocenters. The molecule has 176 valence electrons. The molecule has 0 radical (unpaired) electrons. The molecule has 3 aromatic carbocycles. The van der Waals surface area contributed by atoms with Gasteiger partial charge in [0.25, 0.3) is 5.91 Å². The van der Waals surface area contributed by atoms with Gasteiger partial charge in [0.1, 0.15) is 11.6 Å². The van der Waals surface area contributed by atoms with E-state index >= 15 is 0 Å². The van der Waals surface area contributed by atoms with E-state index in [1.54, 1.807) is 36.4 Å². The van der Waals surface area contributed by atoms with E-state index in [4.69, 9.17) is 0 Å². The zero-order chi connectivity index (χ0) is 24.6. The molecule has 3 aliphatic heterocycles. The van der Waals surface area contributed by atoms with E-state index in [2.05, 4.69) is 26.2 Å². The summed E-state index contributed by atoms with van der Waals surface area (Å²) in [5.74, 6) is -2.63. The van der Waals surface area contributed by atoms with Crippen LogP contribution in [0.4, 0.5) is 11.4 Å². The second-order valence-corrected chi connectivity index (χ2v) is 10.0. The van der Waals surface area contributed by atoms with Crippen molar-refractivity contribution in [3.05, 3.63) is 88.9 Å². The number of carbonyl (C=O) groups is 3. The largest absolute Gasteiger partial charge is 0.351 e. The van der Waals surface area contributed by atoms with E-state index < -0.39 is 23.9 Å². The molecule has 0 aliphatic carbocycles. The van der Waals surface area contributed by atoms with E-state index in [9.17, 15) is 14.4 Å². The lowest BCUT2D eigenvalue weighted by molar-refractivity contribution is -0.122. The molecule has 4 aromatic rings. The molecule has 2 fully saturated rings. The lowest BCUT2D eigenvalue weighted by Crippen LogP contribution is -2.50. The number of fused-ring (bicyclic) bond motifs is 6. The van der Waals surface area contributed by atoms with Crippen LogP contribution in [0.15, 0.2) is 83.3 Å². The molecule has 3 aliphatic rings. The van der Waals surface area contributed by atoms with Crippen LogP contribution in [-0.2, 0) is 9.59 Å². The monoisotopic (exact) mass is 539 g/mol. The van der Waals surface area contributed by atoms with Crippen LogP contribution in [0.1, 0.15) is 10.4 Å². The van der Waals surface area contributed by atoms with Gasteiger partial charge in [0.05, 0.1) is 29.1 Å². The minimum Gasteiger partial charge on any atom is -0.351 e. The molecular formula is C27H18BrN5O3. The van der Waals surface area contributed by atoms with Gasteiger partial charge in [-0.05, 0) is 48.0 Å². The average Bonchev–Trinajstić information content (AvgIpc) is 3.56. The van der Waals surface area contributed by atoms with Crippen molar-refractivity contribution >= 4 is 62.1 Å². The number of rotatable bonds is 2. The molecule has 36 heavy (non-hydrogen) atoms. The highest BCUT2D eigenvalue weighted by Gasteiger charge is 2.64. The first-order valence-electron chi connectivity index (χ1n) is 11.6. The number of anilines is 2. The molecule has 7 rings (SSSR count). The van der Waals surface area contributed by atoms with Crippen molar-refractivity contribution in [1.82, 2.24) is 15.0 Å². The zero-order valence-electron chi connectivity index (χ0n) is 18.7. The van der Waals surface area contributed by atoms with Gasteiger partial charge in [0.2, 0.25) is 11.8 Å². The summed E-state index contributed by atoms with van der Waals surface area (Å²) in [6, 6.07) is 20.6. The van der Waals surface area contributed by atoms with E-state index in [1.807, 2.05) is 53.5 Å². The normalized spacial score (nSPS) is 24.2. The van der Waals surface area contributed by atoms with Gasteiger partial charge < -0.3 is 4.90 Å². The third-order valence-electron chi connectivity index (χ3n) is 7.31. The van der Waals surface area contributed by atoms with Crippen LogP contribution >= 0.6 is 15.9 Å². The molecule has 0 N–H and O–H groups in total. The molecule has 2 amide bonds. The van der Waals surface area contributed by atoms with Crippen molar-refractivity contribution in [1.29, 1.82) is 0 Å². The highest BCUT2D eigenvalue weighted by molar-refractivity contribution is 9.10. The van der Waals surface area contributed by atoms with Gasteiger partial charge in [-0.2, -0.15) is 4.68 Å². The maximum Gasteiger partial charge on any atom is 0.272 e. The summed E-state index contributed by atoms with van der Waals surface area (Å²) < 4.78 is 2.11. The standard InChI is InChI=1S/C27H18BrN5O3/c28-16-10-12-17(13-11-16)31-25(34)22-21-14-9-15-5-1-3-7-19(15)32(21)24(23(22)26(31)35)27(36)33-20-8-4-2-6-18(20)29-30-33/h1-14,21-24H. The lowest BCUT2D eigenvalue weighted by Gasteiger charge is -2.36. The van der Waals surface area contributed by atoms with Gasteiger partial charge in [0, 0.05) is 10.2 Å². The van der Waals surface area contributed by atoms with Crippen molar-refractivity contribution in [2.75, 3.05) is 9.80 Å². The minimum absolute atomic E-state index is 0.301. The first-order valence-corrected chi connectivity index (χ1v) is 12.4. The summed E-state index contributed by atoms with van der Waals surface area (Å²) in [5, 5.41) is 8.28. The Labute approximate surface area is 213 Å². The van der Waals surface area contributed by atoms with Crippen molar-refractivity contribution in [3.8, 4) is 0 Å². The van der Waals surface area contributed by atoms with E-state index in [1.165, 1.54) is 9.58 Å². The van der Waals surface area contributed by atoms with Crippen LogP contribution in [0.25, 0.3) is 17.1 Å². The molecule has 1 aromatic heterocycles. The first kappa shape index (κ1) is 21.2. The molecule has 9 heteroatoms. The number of nitrogens with zero attached hydrogens (tertiary/aromatic N) is 5. The van der Waals surface area contributed by atoms with Gasteiger partial charge in [-0.15, -0.1) is 5.10 Å². The molecule has 0 saturated carbocycles. The Hall–Kier alpha value is -4.11. The Morgan fingerprint density at radius 1 is 0.861 bits per heavy atom. The maximum atomic E-state index is 14.2. The number of amides is 2. The predicted octanol–water partition coefficient (Wildman–Crippen LogP) is 3.92. The van der Waals surface area contributed by atoms with Crippen LogP contribution in [0.5, 0.6) is 0 Å². The van der Waals surface area contributed by atoms with Crippen molar-refractivity contribution in [2.24, 2.45) is 11.8 Å². The van der Waals surface area contributed by atoms with Gasteiger partial charge in [0.15, 0.2) is 0 Å². The zero-order valence-corrected chi connectivity index (χ0v) is 20.3. The van der Waals surface area contributed by atoms with Gasteiger partial charge in [-0.3, -0.25) is 14.4 Å². The summed E-state index contributed by atoms with van der Waals surface area (Å²) in [7, 11) is 0. The van der Waals surface area contributed by atoms with E-state index in [-0.39, 0.29) is 17.7 Å².